The predicted molar refractivity (Wildman–Crippen MR) is 204 cm³/mol. The van der Waals surface area contributed by atoms with Crippen LogP contribution in [-0.2, 0) is 34.0 Å². The molecule has 2 heterocycles. The number of pyridine rings is 1. The van der Waals surface area contributed by atoms with Crippen LogP contribution in [0, 0.1) is 5.82 Å². The number of carbonyl (C=O) groups excluding carboxylic acids is 1. The van der Waals surface area contributed by atoms with E-state index in [1.165, 1.54) is 53.2 Å². The van der Waals surface area contributed by atoms with Crippen LogP contribution < -0.4 is 19.8 Å². The van der Waals surface area contributed by atoms with Crippen LogP contribution in [0.2, 0.25) is 0 Å². The van der Waals surface area contributed by atoms with Gasteiger partial charge in [-0.05, 0) is 103 Å². The summed E-state index contributed by atoms with van der Waals surface area (Å²) in [6.45, 7) is 1.80. The fraction of sp³-hybridized carbons (Fsp3) is 0.220. The molecule has 2 aromatic heterocycles. The van der Waals surface area contributed by atoms with Gasteiger partial charge in [-0.1, -0.05) is 24.3 Å². The molecule has 0 bridgehead atoms. The van der Waals surface area contributed by atoms with Gasteiger partial charge < -0.3 is 14.4 Å². The third-order valence-electron chi connectivity index (χ3n) is 9.05. The van der Waals surface area contributed by atoms with Gasteiger partial charge in [0.05, 0.1) is 53.2 Å². The SMILES string of the molecule is CCOc1ccc(-n2c(C(CCNS(=O)(=O)c3ccc(OC)cc3)N(Cc3cccnc3)C(=O)Cc3ccc(C(F)(F)F)c(F)c3)nc3ccccc3c2=O)cc1. The highest BCUT2D eigenvalue weighted by Gasteiger charge is 2.35. The zero-order valence-corrected chi connectivity index (χ0v) is 31.6. The number of benzene rings is 4. The Balaban J connectivity index is 1.50. The topological polar surface area (TPSA) is 133 Å². The predicted octanol–water partition coefficient (Wildman–Crippen LogP) is 7.03. The van der Waals surface area contributed by atoms with Crippen LogP contribution in [0.3, 0.4) is 0 Å². The van der Waals surface area contributed by atoms with Crippen molar-refractivity contribution < 1.29 is 40.2 Å². The molecule has 57 heavy (non-hydrogen) atoms. The Morgan fingerprint density at radius 1 is 0.930 bits per heavy atom. The van der Waals surface area contributed by atoms with Gasteiger partial charge in [-0.3, -0.25) is 19.1 Å². The van der Waals surface area contributed by atoms with Crippen molar-refractivity contribution in [2.24, 2.45) is 0 Å². The van der Waals surface area contributed by atoms with E-state index in [1.54, 1.807) is 60.7 Å². The standard InChI is InChI=1S/C41H37F4N5O6S/c1-3-56-31-13-11-29(12-14-31)50-39(48-36-9-5-4-8-33(36)40(50)52)37(20-22-47-57(53,54)32-17-15-30(55-2)16-18-32)49(26-28-7-6-21-46-25-28)38(51)24-27-10-19-34(35(42)23-27)41(43,44)45/h4-19,21,23,25,37,47H,3,20,22,24,26H2,1-2H3. The molecule has 1 amide bonds. The summed E-state index contributed by atoms with van der Waals surface area (Å²) in [4.78, 5) is 39.4. The Morgan fingerprint density at radius 3 is 2.30 bits per heavy atom. The third kappa shape index (κ3) is 9.47. The highest BCUT2D eigenvalue weighted by molar-refractivity contribution is 7.89. The number of carbonyl (C=O) groups is 1. The van der Waals surface area contributed by atoms with Crippen LogP contribution in [0.15, 0.2) is 125 Å². The maximum Gasteiger partial charge on any atom is 0.419 e. The van der Waals surface area contributed by atoms with Gasteiger partial charge in [-0.2, -0.15) is 13.2 Å². The van der Waals surface area contributed by atoms with Crippen molar-refractivity contribution in [3.05, 3.63) is 154 Å². The largest absolute Gasteiger partial charge is 0.497 e. The fourth-order valence-corrected chi connectivity index (χ4v) is 7.36. The molecule has 0 aliphatic heterocycles. The summed E-state index contributed by atoms with van der Waals surface area (Å²) < 4.78 is 96.6. The van der Waals surface area contributed by atoms with Gasteiger partial charge in [0, 0.05) is 25.5 Å². The van der Waals surface area contributed by atoms with Gasteiger partial charge >= 0.3 is 6.18 Å². The number of hydrogen-bond donors (Lipinski definition) is 1. The fourth-order valence-electron chi connectivity index (χ4n) is 6.31. The van der Waals surface area contributed by atoms with Crippen molar-refractivity contribution in [2.75, 3.05) is 20.3 Å². The highest BCUT2D eigenvalue weighted by atomic mass is 32.2. The van der Waals surface area contributed by atoms with Gasteiger partial charge in [0.1, 0.15) is 23.1 Å². The van der Waals surface area contributed by atoms with Crippen molar-refractivity contribution in [1.82, 2.24) is 24.2 Å². The van der Waals surface area contributed by atoms with E-state index in [0.29, 0.717) is 47.0 Å². The number of nitrogens with one attached hydrogen (secondary N) is 1. The smallest absolute Gasteiger partial charge is 0.419 e. The van der Waals surface area contributed by atoms with Crippen molar-refractivity contribution >= 4 is 26.8 Å². The lowest BCUT2D eigenvalue weighted by atomic mass is 10.0. The zero-order chi connectivity index (χ0) is 40.7. The number of rotatable bonds is 15. The van der Waals surface area contributed by atoms with Crippen LogP contribution in [0.25, 0.3) is 16.6 Å². The molecule has 0 fully saturated rings. The first kappa shape index (κ1) is 40.5. The minimum atomic E-state index is -4.95. The molecule has 1 N–H and O–H groups in total. The average Bonchev–Trinajstić information content (AvgIpc) is 3.19. The van der Waals surface area contributed by atoms with Crippen molar-refractivity contribution in [2.45, 2.75) is 43.4 Å². The molecular formula is C41H37F4N5O6S. The molecule has 0 radical (unpaired) electrons. The van der Waals surface area contributed by atoms with E-state index in [9.17, 15) is 35.6 Å². The van der Waals surface area contributed by atoms with Gasteiger partial charge in [-0.15, -0.1) is 0 Å². The number of methoxy groups -OCH3 is 1. The Bertz CT molecular complexity index is 2520. The Hall–Kier alpha value is -6.13. The molecule has 296 valence electrons. The second-order valence-electron chi connectivity index (χ2n) is 12.8. The molecule has 11 nitrogen and oxygen atoms in total. The lowest BCUT2D eigenvalue weighted by Gasteiger charge is -2.33. The second-order valence-corrected chi connectivity index (χ2v) is 14.6. The highest BCUT2D eigenvalue weighted by Crippen LogP contribution is 2.33. The third-order valence-corrected chi connectivity index (χ3v) is 10.5. The van der Waals surface area contributed by atoms with E-state index in [0.717, 1.165) is 6.07 Å². The molecule has 16 heteroatoms. The number of hydrogen-bond acceptors (Lipinski definition) is 8. The van der Waals surface area contributed by atoms with E-state index >= 15 is 0 Å². The van der Waals surface area contributed by atoms with Gasteiger partial charge in [0.25, 0.3) is 5.56 Å². The molecule has 0 aliphatic carbocycles. The Labute approximate surface area is 325 Å². The van der Waals surface area contributed by atoms with Gasteiger partial charge in [-0.25, -0.2) is 22.5 Å². The summed E-state index contributed by atoms with van der Waals surface area (Å²) in [5, 5.41) is 0.263. The van der Waals surface area contributed by atoms with E-state index in [-0.39, 0.29) is 41.2 Å². The zero-order valence-electron chi connectivity index (χ0n) is 30.7. The number of aromatic nitrogens is 3. The minimum Gasteiger partial charge on any atom is -0.497 e. The second kappa shape index (κ2) is 17.3. The van der Waals surface area contributed by atoms with Crippen molar-refractivity contribution in [3.63, 3.8) is 0 Å². The monoisotopic (exact) mass is 803 g/mol. The number of sulfonamides is 1. The maximum atomic E-state index is 14.8. The number of halogens is 4. The Morgan fingerprint density at radius 2 is 1.65 bits per heavy atom. The molecule has 1 atom stereocenters. The molecular weight excluding hydrogens is 767 g/mol. The summed E-state index contributed by atoms with van der Waals surface area (Å²) >= 11 is 0. The molecule has 1 unspecified atom stereocenters. The van der Waals surface area contributed by atoms with Gasteiger partial charge in [0.2, 0.25) is 15.9 Å². The van der Waals surface area contributed by atoms with E-state index in [1.807, 2.05) is 6.92 Å². The number of amides is 1. The molecule has 0 aliphatic rings. The lowest BCUT2D eigenvalue weighted by molar-refractivity contribution is -0.140. The quantitative estimate of drug-likeness (QED) is 0.110. The minimum absolute atomic E-state index is 0.0454. The molecule has 6 aromatic rings. The first-order valence-electron chi connectivity index (χ1n) is 17.7. The number of ether oxygens (including phenoxy) is 2. The Kier molecular flexibility index (Phi) is 12.3. The van der Waals surface area contributed by atoms with Crippen LogP contribution in [-0.4, -0.2) is 54.0 Å². The maximum absolute atomic E-state index is 14.8. The van der Waals surface area contributed by atoms with E-state index < -0.39 is 51.5 Å². The first-order chi connectivity index (χ1) is 27.3. The number of alkyl halides is 3. The summed E-state index contributed by atoms with van der Waals surface area (Å²) in [5.41, 5.74) is -0.823. The van der Waals surface area contributed by atoms with E-state index in [2.05, 4.69) is 9.71 Å². The number of para-hydroxylation sites is 1. The van der Waals surface area contributed by atoms with Crippen LogP contribution in [0.1, 0.15) is 41.9 Å². The number of fused-ring (bicyclic) bond motifs is 1. The molecule has 4 aromatic carbocycles. The van der Waals surface area contributed by atoms with Gasteiger partial charge in [0.15, 0.2) is 0 Å². The normalized spacial score (nSPS) is 12.3. The van der Waals surface area contributed by atoms with Crippen LogP contribution in [0.4, 0.5) is 17.6 Å². The molecule has 0 spiro atoms. The van der Waals surface area contributed by atoms with E-state index in [4.69, 9.17) is 14.5 Å². The first-order valence-corrected chi connectivity index (χ1v) is 19.2. The molecule has 6 rings (SSSR count). The summed E-state index contributed by atoms with van der Waals surface area (Å²) in [6, 6.07) is 23.4. The average molecular weight is 804 g/mol. The molecule has 0 saturated carbocycles. The van der Waals surface area contributed by atoms with Crippen LogP contribution in [0.5, 0.6) is 11.5 Å². The summed E-state index contributed by atoms with van der Waals surface area (Å²) in [7, 11) is -2.66. The molecule has 0 saturated heterocycles. The van der Waals surface area contributed by atoms with Crippen LogP contribution >= 0.6 is 0 Å². The van der Waals surface area contributed by atoms with Crippen molar-refractivity contribution in [1.29, 1.82) is 0 Å². The van der Waals surface area contributed by atoms with Crippen molar-refractivity contribution in [3.8, 4) is 17.2 Å². The summed E-state index contributed by atoms with van der Waals surface area (Å²) in [5.74, 6) is -1.19. The summed E-state index contributed by atoms with van der Waals surface area (Å²) in [6.07, 6.45) is -2.61. The lowest BCUT2D eigenvalue weighted by Crippen LogP contribution is -2.40. The number of nitrogens with zero attached hydrogens (tertiary/aromatic N) is 4.